The summed E-state index contributed by atoms with van der Waals surface area (Å²) in [7, 11) is 0. The van der Waals surface area contributed by atoms with E-state index in [1.54, 1.807) is 20.8 Å². The van der Waals surface area contributed by atoms with Gasteiger partial charge in [-0.05, 0) is 127 Å². The second-order valence-corrected chi connectivity index (χ2v) is 15.3. The maximum absolute atomic E-state index is 14.5. The molecule has 10 heteroatoms. The molecule has 0 unspecified atom stereocenters. The van der Waals surface area contributed by atoms with E-state index in [1.807, 2.05) is 53.4 Å². The molecule has 3 aromatic rings. The van der Waals surface area contributed by atoms with Gasteiger partial charge in [0, 0.05) is 23.6 Å². The molecule has 0 aliphatic heterocycles. The summed E-state index contributed by atoms with van der Waals surface area (Å²) in [6.07, 6.45) is 6.21. The van der Waals surface area contributed by atoms with E-state index in [0.29, 0.717) is 31.0 Å². The number of nitrogens with zero attached hydrogens (tertiary/aromatic N) is 3. The highest BCUT2D eigenvalue weighted by molar-refractivity contribution is 5.96. The Bertz CT molecular complexity index is 1590. The number of hydrogen-bond acceptors (Lipinski definition) is 7. The van der Waals surface area contributed by atoms with Crippen LogP contribution in [0.4, 0.5) is 10.1 Å². The van der Waals surface area contributed by atoms with Crippen molar-refractivity contribution >= 4 is 17.5 Å². The number of ether oxygens (including phenoxy) is 1. The van der Waals surface area contributed by atoms with E-state index in [2.05, 4.69) is 10.1 Å². The number of anilines is 1. The third kappa shape index (κ3) is 6.16. The van der Waals surface area contributed by atoms with E-state index in [9.17, 15) is 19.1 Å². The van der Waals surface area contributed by atoms with Crippen LogP contribution in [0.15, 0.2) is 53.1 Å². The Balaban J connectivity index is 1.23. The molecule has 1 heterocycles. The first-order valence-corrected chi connectivity index (χ1v) is 16.3. The highest BCUT2D eigenvalue weighted by Gasteiger charge is 2.53. The number of carbonyl (C=O) groups is 2. The Hall–Kier alpha value is -3.79. The summed E-state index contributed by atoms with van der Waals surface area (Å²) in [5.74, 6) is 0.428. The summed E-state index contributed by atoms with van der Waals surface area (Å²) in [6.45, 7) is 8.49. The standard InChI is InChI=1S/C36H45FN4O5/c1-32(2,37)31-39-30(40-46-31)36-16-13-35(14-17-36,15-18-36)22-41(28(42)25-20-34(5,44)21-25)26-8-6-7-24(19-26)23-9-11-27(12-10-23)45-33(3,4)29(38)43/h6-12,19,25,44H,13-18,20-22H2,1-5H3,(H2,38,43)/t25-,34+,35?,36?. The van der Waals surface area contributed by atoms with E-state index in [1.165, 1.54) is 13.8 Å². The van der Waals surface area contributed by atoms with Gasteiger partial charge in [-0.3, -0.25) is 9.59 Å². The van der Waals surface area contributed by atoms with Crippen molar-refractivity contribution in [2.24, 2.45) is 17.1 Å². The largest absolute Gasteiger partial charge is 0.478 e. The van der Waals surface area contributed by atoms with Gasteiger partial charge in [-0.15, -0.1) is 0 Å². The van der Waals surface area contributed by atoms with Gasteiger partial charge in [0.25, 0.3) is 11.8 Å². The summed E-state index contributed by atoms with van der Waals surface area (Å²) in [4.78, 5) is 32.3. The molecule has 0 spiro atoms. The van der Waals surface area contributed by atoms with Crippen LogP contribution in [-0.2, 0) is 20.7 Å². The Morgan fingerprint density at radius 1 is 1.02 bits per heavy atom. The Morgan fingerprint density at radius 2 is 1.65 bits per heavy atom. The lowest BCUT2D eigenvalue weighted by Gasteiger charge is -2.54. The SMILES string of the molecule is CC(C)(Oc1ccc(-c2cccc(N(CC34CCC(c5noc(C(C)(C)F)n5)(CC3)CC4)C(=O)[C@H]3C[C@@](C)(O)C3)c2)cc1)C(N)=O. The number of hydrogen-bond donors (Lipinski definition) is 2. The molecule has 2 bridgehead atoms. The van der Waals surface area contributed by atoms with Crippen molar-refractivity contribution in [1.29, 1.82) is 0 Å². The zero-order chi connectivity index (χ0) is 33.1. The number of primary amides is 1. The molecular formula is C36H45FN4O5. The number of amides is 2. The van der Waals surface area contributed by atoms with E-state index in [0.717, 1.165) is 55.3 Å². The van der Waals surface area contributed by atoms with Crippen LogP contribution in [-0.4, -0.2) is 44.8 Å². The zero-order valence-corrected chi connectivity index (χ0v) is 27.4. The van der Waals surface area contributed by atoms with Crippen molar-refractivity contribution in [3.05, 3.63) is 60.2 Å². The number of nitrogens with two attached hydrogens (primary N) is 1. The second-order valence-electron chi connectivity index (χ2n) is 15.3. The van der Waals surface area contributed by atoms with Crippen molar-refractivity contribution in [2.45, 2.75) is 108 Å². The summed E-state index contributed by atoms with van der Waals surface area (Å²) >= 11 is 0. The van der Waals surface area contributed by atoms with Gasteiger partial charge in [-0.2, -0.15) is 4.98 Å². The summed E-state index contributed by atoms with van der Waals surface area (Å²) in [5, 5.41) is 14.7. The van der Waals surface area contributed by atoms with Crippen LogP contribution in [0.2, 0.25) is 0 Å². The molecule has 3 N–H and O–H groups in total. The molecule has 2 aromatic carbocycles. The predicted molar refractivity (Wildman–Crippen MR) is 172 cm³/mol. The average Bonchev–Trinajstić information content (AvgIpc) is 3.52. The number of benzene rings is 2. The Morgan fingerprint density at radius 3 is 2.20 bits per heavy atom. The maximum Gasteiger partial charge on any atom is 0.263 e. The minimum absolute atomic E-state index is 0.0176. The molecule has 246 valence electrons. The summed E-state index contributed by atoms with van der Waals surface area (Å²) < 4.78 is 25.6. The smallest absolute Gasteiger partial charge is 0.263 e. The van der Waals surface area contributed by atoms with Crippen molar-refractivity contribution in [2.75, 3.05) is 11.4 Å². The number of rotatable bonds is 10. The molecule has 4 aliphatic rings. The fourth-order valence-corrected chi connectivity index (χ4v) is 7.46. The third-order valence-corrected chi connectivity index (χ3v) is 10.6. The van der Waals surface area contributed by atoms with E-state index in [-0.39, 0.29) is 28.5 Å². The molecule has 4 fully saturated rings. The molecule has 0 atom stereocenters. The van der Waals surface area contributed by atoms with Crippen LogP contribution in [0.3, 0.4) is 0 Å². The maximum atomic E-state index is 14.5. The van der Waals surface area contributed by atoms with Crippen LogP contribution < -0.4 is 15.4 Å². The Labute approximate surface area is 269 Å². The number of alkyl halides is 1. The van der Waals surface area contributed by atoms with Gasteiger partial charge >= 0.3 is 0 Å². The topological polar surface area (TPSA) is 132 Å². The normalized spacial score (nSPS) is 27.6. The average molecular weight is 633 g/mol. The van der Waals surface area contributed by atoms with Crippen molar-refractivity contribution < 1.29 is 28.3 Å². The summed E-state index contributed by atoms with van der Waals surface area (Å²) in [5.41, 5.74) is 4.27. The van der Waals surface area contributed by atoms with Crippen LogP contribution in [0.25, 0.3) is 11.1 Å². The fraction of sp³-hybridized carbons (Fsp3) is 0.556. The first-order valence-electron chi connectivity index (χ1n) is 16.3. The molecule has 0 saturated heterocycles. The van der Waals surface area contributed by atoms with Crippen molar-refractivity contribution in [3.63, 3.8) is 0 Å². The van der Waals surface area contributed by atoms with E-state index < -0.39 is 22.8 Å². The lowest BCUT2D eigenvalue weighted by Crippen LogP contribution is -2.54. The zero-order valence-electron chi connectivity index (χ0n) is 27.4. The molecule has 0 radical (unpaired) electrons. The van der Waals surface area contributed by atoms with Crippen LogP contribution in [0.5, 0.6) is 5.75 Å². The highest BCUT2D eigenvalue weighted by Crippen LogP contribution is 2.58. The number of fused-ring (bicyclic) bond motifs is 3. The molecule has 7 rings (SSSR count). The minimum atomic E-state index is -1.69. The van der Waals surface area contributed by atoms with Gasteiger partial charge in [0.2, 0.25) is 5.91 Å². The highest BCUT2D eigenvalue weighted by atomic mass is 19.1. The molecule has 4 aliphatic carbocycles. The molecule has 4 saturated carbocycles. The van der Waals surface area contributed by atoms with E-state index >= 15 is 0 Å². The van der Waals surface area contributed by atoms with Gasteiger partial charge in [0.05, 0.1) is 5.60 Å². The van der Waals surface area contributed by atoms with Crippen molar-refractivity contribution in [3.8, 4) is 16.9 Å². The number of aliphatic hydroxyl groups is 1. The van der Waals surface area contributed by atoms with E-state index in [4.69, 9.17) is 15.0 Å². The molecular weight excluding hydrogens is 587 g/mol. The van der Waals surface area contributed by atoms with Gasteiger partial charge in [0.1, 0.15) is 5.75 Å². The monoisotopic (exact) mass is 632 g/mol. The molecule has 46 heavy (non-hydrogen) atoms. The van der Waals surface area contributed by atoms with Gasteiger partial charge in [-0.25, -0.2) is 4.39 Å². The van der Waals surface area contributed by atoms with Crippen LogP contribution >= 0.6 is 0 Å². The fourth-order valence-electron chi connectivity index (χ4n) is 7.46. The molecule has 9 nitrogen and oxygen atoms in total. The quantitative estimate of drug-likeness (QED) is 0.266. The third-order valence-electron chi connectivity index (χ3n) is 10.6. The molecule has 1 aromatic heterocycles. The lowest BCUT2D eigenvalue weighted by atomic mass is 9.53. The minimum Gasteiger partial charge on any atom is -0.478 e. The van der Waals surface area contributed by atoms with Gasteiger partial charge < -0.3 is 25.0 Å². The van der Waals surface area contributed by atoms with Crippen LogP contribution in [0.1, 0.15) is 97.7 Å². The first-order chi connectivity index (χ1) is 21.5. The lowest BCUT2D eigenvalue weighted by molar-refractivity contribution is -0.137. The Kier molecular flexibility index (Phi) is 7.81. The predicted octanol–water partition coefficient (Wildman–Crippen LogP) is 6.37. The van der Waals surface area contributed by atoms with Crippen LogP contribution in [0, 0.1) is 11.3 Å². The van der Waals surface area contributed by atoms with Crippen molar-refractivity contribution in [1.82, 2.24) is 10.1 Å². The second kappa shape index (κ2) is 11.2. The van der Waals surface area contributed by atoms with Gasteiger partial charge in [-0.1, -0.05) is 29.4 Å². The number of carbonyl (C=O) groups excluding carboxylic acids is 2. The number of halogens is 1. The van der Waals surface area contributed by atoms with Gasteiger partial charge in [0.15, 0.2) is 17.1 Å². The number of aromatic nitrogens is 2. The molecule has 2 amide bonds. The summed E-state index contributed by atoms with van der Waals surface area (Å²) in [6, 6.07) is 15.5. The first kappa shape index (κ1) is 32.2.